The molecule has 2 N–H and O–H groups in total. The lowest BCUT2D eigenvalue weighted by atomic mass is 9.67. The van der Waals surface area contributed by atoms with Crippen molar-refractivity contribution in [1.82, 2.24) is 0 Å². The van der Waals surface area contributed by atoms with Gasteiger partial charge in [-0.1, -0.05) is 57.4 Å². The van der Waals surface area contributed by atoms with Crippen LogP contribution in [0.15, 0.2) is 24.3 Å². The Balaban J connectivity index is 2.64. The minimum atomic E-state index is -1.43. The Morgan fingerprint density at radius 1 is 1.17 bits per heavy atom. The number of esters is 1. The quantitative estimate of drug-likeness (QED) is 0.669. The fourth-order valence-corrected chi connectivity index (χ4v) is 3.96. The normalized spacial score (nSPS) is 18.4. The van der Waals surface area contributed by atoms with Crippen molar-refractivity contribution >= 4 is 11.9 Å². The topological polar surface area (TPSA) is 69.4 Å². The van der Waals surface area contributed by atoms with E-state index >= 15 is 0 Å². The second kappa shape index (κ2) is 7.16. The average Bonchev–Trinajstić information content (AvgIpc) is 2.56. The summed E-state index contributed by atoms with van der Waals surface area (Å²) >= 11 is 0. The minimum absolute atomic E-state index is 0.280. The lowest BCUT2D eigenvalue weighted by Gasteiger charge is -2.36. The van der Waals surface area contributed by atoms with Gasteiger partial charge in [0.05, 0.1) is 7.11 Å². The van der Waals surface area contributed by atoms with Crippen molar-refractivity contribution in [3.05, 3.63) is 35.4 Å². The minimum Gasteiger partial charge on any atom is -0.468 e. The summed E-state index contributed by atoms with van der Waals surface area (Å²) in [5.74, 6) is -1.11. The molecule has 1 fully saturated rings. The Morgan fingerprint density at radius 3 is 2.30 bits per heavy atom. The number of nitrogens with two attached hydrogens (primary N) is 1. The maximum atomic E-state index is 12.6. The summed E-state index contributed by atoms with van der Waals surface area (Å²) in [5, 5.41) is 0. The molecule has 0 spiro atoms. The highest BCUT2D eigenvalue weighted by Gasteiger charge is 2.51. The molecular formula is C19H27NO3. The third-order valence-electron chi connectivity index (χ3n) is 5.19. The molecule has 0 aliphatic heterocycles. The summed E-state index contributed by atoms with van der Waals surface area (Å²) in [6.45, 7) is 3.69. The summed E-state index contributed by atoms with van der Waals surface area (Å²) in [6.07, 6.45) is 5.79. The monoisotopic (exact) mass is 317 g/mol. The van der Waals surface area contributed by atoms with Crippen molar-refractivity contribution < 1.29 is 14.3 Å². The number of methoxy groups -OCH3 is 1. The predicted molar refractivity (Wildman–Crippen MR) is 90.0 cm³/mol. The van der Waals surface area contributed by atoms with Crippen LogP contribution in [0, 0.1) is 5.92 Å². The second-order valence-electron chi connectivity index (χ2n) is 6.74. The van der Waals surface area contributed by atoms with E-state index in [1.807, 2.05) is 38.1 Å². The molecule has 0 radical (unpaired) electrons. The zero-order chi connectivity index (χ0) is 17.0. The molecule has 0 bridgehead atoms. The molecule has 0 heterocycles. The summed E-state index contributed by atoms with van der Waals surface area (Å²) < 4.78 is 5.00. The molecule has 126 valence electrons. The third-order valence-corrected chi connectivity index (χ3v) is 5.19. The van der Waals surface area contributed by atoms with Gasteiger partial charge in [0.1, 0.15) is 0 Å². The molecule has 1 atom stereocenters. The van der Waals surface area contributed by atoms with Crippen LogP contribution in [0.25, 0.3) is 0 Å². The van der Waals surface area contributed by atoms with Gasteiger partial charge in [-0.15, -0.1) is 0 Å². The van der Waals surface area contributed by atoms with E-state index in [-0.39, 0.29) is 5.92 Å². The first-order valence-corrected chi connectivity index (χ1v) is 8.44. The Morgan fingerprint density at radius 2 is 1.78 bits per heavy atom. The van der Waals surface area contributed by atoms with Gasteiger partial charge < -0.3 is 10.5 Å². The van der Waals surface area contributed by atoms with E-state index in [0.29, 0.717) is 5.92 Å². The van der Waals surface area contributed by atoms with Gasteiger partial charge in [-0.2, -0.15) is 0 Å². The largest absolute Gasteiger partial charge is 0.468 e. The van der Waals surface area contributed by atoms with Gasteiger partial charge in [-0.3, -0.25) is 9.59 Å². The van der Waals surface area contributed by atoms with Gasteiger partial charge >= 0.3 is 5.97 Å². The molecule has 1 aromatic rings. The fraction of sp³-hybridized carbons (Fsp3) is 0.579. The molecule has 4 heteroatoms. The molecule has 2 rings (SSSR count). The predicted octanol–water partition coefficient (Wildman–Crippen LogP) is 3.29. The zero-order valence-electron chi connectivity index (χ0n) is 14.3. The van der Waals surface area contributed by atoms with Crippen molar-refractivity contribution in [2.75, 3.05) is 7.11 Å². The lowest BCUT2D eigenvalue weighted by molar-refractivity contribution is -0.154. The number of ether oxygens (including phenoxy) is 1. The van der Waals surface area contributed by atoms with Crippen LogP contribution in [0.2, 0.25) is 0 Å². The number of carbonyl (C=O) groups is 2. The number of primary amides is 1. The number of benzene rings is 1. The van der Waals surface area contributed by atoms with Gasteiger partial charge in [-0.05, 0) is 35.8 Å². The van der Waals surface area contributed by atoms with E-state index in [0.717, 1.165) is 24.0 Å². The molecule has 4 nitrogen and oxygen atoms in total. The van der Waals surface area contributed by atoms with Crippen LogP contribution in [0.1, 0.15) is 63.0 Å². The molecule has 1 aromatic carbocycles. The molecule has 1 aliphatic carbocycles. The average molecular weight is 317 g/mol. The molecule has 1 aliphatic rings. The fourth-order valence-electron chi connectivity index (χ4n) is 3.96. The maximum absolute atomic E-state index is 12.6. The van der Waals surface area contributed by atoms with Crippen molar-refractivity contribution in [2.45, 2.75) is 57.3 Å². The molecule has 23 heavy (non-hydrogen) atoms. The maximum Gasteiger partial charge on any atom is 0.326 e. The Hall–Kier alpha value is -1.84. The van der Waals surface area contributed by atoms with Crippen LogP contribution in [0.3, 0.4) is 0 Å². The smallest absolute Gasteiger partial charge is 0.326 e. The van der Waals surface area contributed by atoms with Crippen molar-refractivity contribution in [3.63, 3.8) is 0 Å². The van der Waals surface area contributed by atoms with Crippen molar-refractivity contribution in [2.24, 2.45) is 11.7 Å². The summed E-state index contributed by atoms with van der Waals surface area (Å²) in [4.78, 5) is 25.0. The highest BCUT2D eigenvalue weighted by Crippen LogP contribution is 2.42. The van der Waals surface area contributed by atoms with Crippen LogP contribution in [-0.2, 0) is 19.7 Å². The van der Waals surface area contributed by atoms with Crippen molar-refractivity contribution in [1.29, 1.82) is 0 Å². The third kappa shape index (κ3) is 2.99. The van der Waals surface area contributed by atoms with E-state index in [1.165, 1.54) is 26.4 Å². The van der Waals surface area contributed by atoms with Crippen LogP contribution in [0.4, 0.5) is 0 Å². The first-order valence-electron chi connectivity index (χ1n) is 8.44. The SMILES string of the molecule is COC(=O)C(C(N)=O)(c1ccccc1C1CCCCC1)C(C)C. The van der Waals surface area contributed by atoms with E-state index in [2.05, 4.69) is 0 Å². The first kappa shape index (κ1) is 17.5. The number of carbonyl (C=O) groups excluding carboxylic acids is 2. The Kier molecular flexibility index (Phi) is 5.45. The summed E-state index contributed by atoms with van der Waals surface area (Å²) in [5.41, 5.74) is 6.11. The van der Waals surface area contributed by atoms with E-state index < -0.39 is 17.3 Å². The highest BCUT2D eigenvalue weighted by molar-refractivity contribution is 6.08. The molecular weight excluding hydrogens is 290 g/mol. The van der Waals surface area contributed by atoms with Gasteiger partial charge in [-0.25, -0.2) is 0 Å². The van der Waals surface area contributed by atoms with E-state index in [1.54, 1.807) is 0 Å². The van der Waals surface area contributed by atoms with Gasteiger partial charge in [0.2, 0.25) is 5.91 Å². The van der Waals surface area contributed by atoms with E-state index in [9.17, 15) is 9.59 Å². The van der Waals surface area contributed by atoms with Gasteiger partial charge in [0.15, 0.2) is 5.41 Å². The highest BCUT2D eigenvalue weighted by atomic mass is 16.5. The second-order valence-corrected chi connectivity index (χ2v) is 6.74. The Bertz CT molecular complexity index is 576. The van der Waals surface area contributed by atoms with Crippen LogP contribution in [0.5, 0.6) is 0 Å². The summed E-state index contributed by atoms with van der Waals surface area (Å²) in [6, 6.07) is 7.74. The summed E-state index contributed by atoms with van der Waals surface area (Å²) in [7, 11) is 1.31. The van der Waals surface area contributed by atoms with Crippen molar-refractivity contribution in [3.8, 4) is 0 Å². The first-order chi connectivity index (χ1) is 11.0. The van der Waals surface area contributed by atoms with Crippen LogP contribution < -0.4 is 5.73 Å². The standard InChI is InChI=1S/C19H27NO3/c1-13(2)19(17(20)21,18(22)23-3)16-12-8-7-11-15(16)14-9-5-4-6-10-14/h7-8,11-14H,4-6,9-10H2,1-3H3,(H2,20,21). The van der Waals surface area contributed by atoms with Gasteiger partial charge in [0.25, 0.3) is 0 Å². The molecule has 1 unspecified atom stereocenters. The van der Waals surface area contributed by atoms with E-state index in [4.69, 9.17) is 10.5 Å². The Labute approximate surface area is 138 Å². The van der Waals surface area contributed by atoms with Gasteiger partial charge in [0, 0.05) is 0 Å². The number of hydrogen-bond acceptors (Lipinski definition) is 3. The number of rotatable bonds is 5. The van der Waals surface area contributed by atoms with Crippen LogP contribution >= 0.6 is 0 Å². The molecule has 0 aromatic heterocycles. The number of amides is 1. The zero-order valence-corrected chi connectivity index (χ0v) is 14.3. The number of hydrogen-bond donors (Lipinski definition) is 1. The van der Waals surface area contributed by atoms with Crippen LogP contribution in [-0.4, -0.2) is 19.0 Å². The molecule has 1 amide bonds. The molecule has 1 saturated carbocycles. The molecule has 0 saturated heterocycles. The lowest BCUT2D eigenvalue weighted by Crippen LogP contribution is -2.53.